The maximum Gasteiger partial charge on any atom is 0.494 e. The molecule has 0 saturated carbocycles. The second-order valence-electron chi connectivity index (χ2n) is 8.56. The van der Waals surface area contributed by atoms with Gasteiger partial charge >= 0.3 is 6.69 Å². The molecule has 166 valence electrons. The fourth-order valence-corrected chi connectivity index (χ4v) is 5.23. The fourth-order valence-electron chi connectivity index (χ4n) is 4.86. The van der Waals surface area contributed by atoms with Crippen LogP contribution in [0, 0.1) is 5.92 Å². The molecule has 2 aliphatic rings. The average molecular weight is 458 g/mol. The first kappa shape index (κ1) is 23.4. The van der Waals surface area contributed by atoms with Gasteiger partial charge in [-0.1, -0.05) is 43.5 Å². The molecule has 2 N–H and O–H groups in total. The van der Waals surface area contributed by atoms with Crippen LogP contribution in [-0.4, -0.2) is 68.2 Å². The summed E-state index contributed by atoms with van der Waals surface area (Å²) in [6.07, 6.45) is 0.736. The summed E-state index contributed by atoms with van der Waals surface area (Å²) in [5.74, 6) is -0.647. The SMILES string of the molecule is CC[N+]12CCO[B-]1([C@H](CC(C)C)NC(=O)CNC(=O)c1cc(Cl)ccc1Cl)OCC2. The molecular formula is C20H30BCl2N3O4. The lowest BCUT2D eigenvalue weighted by molar-refractivity contribution is -0.821. The fraction of sp³-hybridized carbons (Fsp3) is 0.600. The van der Waals surface area contributed by atoms with Gasteiger partial charge in [0.2, 0.25) is 5.91 Å². The third kappa shape index (κ3) is 4.48. The van der Waals surface area contributed by atoms with Gasteiger partial charge < -0.3 is 24.3 Å². The molecule has 2 fully saturated rings. The van der Waals surface area contributed by atoms with Crippen LogP contribution in [0.15, 0.2) is 18.2 Å². The molecule has 0 aliphatic carbocycles. The molecule has 0 unspecified atom stereocenters. The first-order valence-electron chi connectivity index (χ1n) is 10.5. The number of nitrogens with one attached hydrogen (secondary N) is 2. The number of amides is 2. The minimum absolute atomic E-state index is 0.172. The van der Waals surface area contributed by atoms with E-state index in [4.69, 9.17) is 32.5 Å². The molecule has 7 nitrogen and oxygen atoms in total. The monoisotopic (exact) mass is 457 g/mol. The number of benzene rings is 1. The molecule has 1 atom stereocenters. The third-order valence-corrected chi connectivity index (χ3v) is 6.91. The molecule has 2 amide bonds. The van der Waals surface area contributed by atoms with Crippen LogP contribution in [-0.2, 0) is 14.1 Å². The number of carbonyl (C=O) groups excluding carboxylic acids is 2. The van der Waals surface area contributed by atoms with Gasteiger partial charge in [0, 0.05) is 17.5 Å². The summed E-state index contributed by atoms with van der Waals surface area (Å²) in [6.45, 7) is 8.45. The van der Waals surface area contributed by atoms with Crippen molar-refractivity contribution in [3.05, 3.63) is 33.8 Å². The highest BCUT2D eigenvalue weighted by molar-refractivity contribution is 6.63. The van der Waals surface area contributed by atoms with Gasteiger partial charge in [0.05, 0.1) is 43.4 Å². The van der Waals surface area contributed by atoms with Gasteiger partial charge in [0.25, 0.3) is 5.91 Å². The number of hydrogen-bond acceptors (Lipinski definition) is 4. The van der Waals surface area contributed by atoms with E-state index < -0.39 is 12.6 Å². The van der Waals surface area contributed by atoms with Crippen LogP contribution in [0.1, 0.15) is 37.6 Å². The highest BCUT2D eigenvalue weighted by Crippen LogP contribution is 2.38. The normalized spacial score (nSPS) is 26.5. The zero-order valence-corrected chi connectivity index (χ0v) is 19.3. The molecule has 0 bridgehead atoms. The first-order valence-corrected chi connectivity index (χ1v) is 11.3. The van der Waals surface area contributed by atoms with E-state index in [1.807, 2.05) is 0 Å². The molecule has 0 radical (unpaired) electrons. The molecule has 2 aliphatic heterocycles. The summed E-state index contributed by atoms with van der Waals surface area (Å²) < 4.78 is 13.2. The van der Waals surface area contributed by atoms with Crippen molar-refractivity contribution in [1.29, 1.82) is 0 Å². The molecule has 0 spiro atoms. The molecule has 30 heavy (non-hydrogen) atoms. The van der Waals surface area contributed by atoms with Gasteiger partial charge in [0.1, 0.15) is 0 Å². The molecular weight excluding hydrogens is 428 g/mol. The Morgan fingerprint density at radius 1 is 1.20 bits per heavy atom. The van der Waals surface area contributed by atoms with Crippen LogP contribution in [0.3, 0.4) is 0 Å². The van der Waals surface area contributed by atoms with Gasteiger partial charge in [-0.15, -0.1) is 0 Å². The predicted molar refractivity (Wildman–Crippen MR) is 118 cm³/mol. The molecule has 2 saturated heterocycles. The van der Waals surface area contributed by atoms with Crippen LogP contribution in [0.25, 0.3) is 0 Å². The second-order valence-corrected chi connectivity index (χ2v) is 9.41. The maximum atomic E-state index is 12.8. The van der Waals surface area contributed by atoms with Gasteiger partial charge in [0.15, 0.2) is 0 Å². The number of fused-ring (bicyclic) bond motifs is 1. The topological polar surface area (TPSA) is 76.7 Å². The summed E-state index contributed by atoms with van der Waals surface area (Å²) in [4.78, 5) is 25.2. The molecule has 1 aromatic rings. The quantitative estimate of drug-likeness (QED) is 0.588. The van der Waals surface area contributed by atoms with Crippen LogP contribution >= 0.6 is 23.2 Å². The van der Waals surface area contributed by atoms with Gasteiger partial charge in [-0.3, -0.25) is 9.59 Å². The number of likely N-dealkylation sites (N-methyl/N-ethyl adjacent to an activating group) is 1. The van der Waals surface area contributed by atoms with Crippen LogP contribution < -0.4 is 10.6 Å². The van der Waals surface area contributed by atoms with Gasteiger partial charge in [-0.05, 0) is 31.0 Å². The lowest BCUT2D eigenvalue weighted by Gasteiger charge is -2.50. The van der Waals surface area contributed by atoms with E-state index in [1.165, 1.54) is 6.07 Å². The minimum Gasteiger partial charge on any atom is -0.508 e. The summed E-state index contributed by atoms with van der Waals surface area (Å²) in [5.41, 5.74) is 0.235. The van der Waals surface area contributed by atoms with Gasteiger partial charge in [-0.25, -0.2) is 0 Å². The summed E-state index contributed by atoms with van der Waals surface area (Å²) >= 11 is 12.0. The highest BCUT2D eigenvalue weighted by Gasteiger charge is 2.62. The molecule has 2 heterocycles. The van der Waals surface area contributed by atoms with E-state index >= 15 is 0 Å². The zero-order chi connectivity index (χ0) is 21.9. The third-order valence-electron chi connectivity index (χ3n) is 6.34. The van der Waals surface area contributed by atoms with E-state index in [0.29, 0.717) is 24.2 Å². The van der Waals surface area contributed by atoms with E-state index in [0.717, 1.165) is 30.4 Å². The Balaban J connectivity index is 1.69. The number of quaternary nitrogens is 1. The van der Waals surface area contributed by atoms with E-state index in [1.54, 1.807) is 12.1 Å². The van der Waals surface area contributed by atoms with E-state index in [9.17, 15) is 9.59 Å². The van der Waals surface area contributed by atoms with Crippen molar-refractivity contribution in [3.8, 4) is 0 Å². The smallest absolute Gasteiger partial charge is 0.494 e. The summed E-state index contributed by atoms with van der Waals surface area (Å²) in [6, 6.07) is 4.63. The Kier molecular flexibility index (Phi) is 7.35. The number of carbonyl (C=O) groups is 2. The Labute approximate surface area is 188 Å². The Bertz CT molecular complexity index is 798. The predicted octanol–water partition coefficient (Wildman–Crippen LogP) is 2.63. The standard InChI is InChI=1S/C20H30BCl2N3O4/c1-4-26-7-9-29-21(26,30-10-8-26)18(11-14(2)3)25-19(27)13-24-20(28)16-12-15(22)5-6-17(16)23/h5-6,12,14,18H,4,7-11,13H2,1-3H3,(H,24,28)(H,25,27)/t18-,21?,26?/m0/s1. The maximum absolute atomic E-state index is 12.8. The summed E-state index contributed by atoms with van der Waals surface area (Å²) in [5, 5.41) is 6.40. The number of nitrogens with zero attached hydrogens (tertiary/aromatic N) is 1. The van der Waals surface area contributed by atoms with Crippen molar-refractivity contribution >= 4 is 41.7 Å². The lowest BCUT2D eigenvalue weighted by Crippen LogP contribution is -2.73. The van der Waals surface area contributed by atoms with Crippen LogP contribution in [0.5, 0.6) is 0 Å². The van der Waals surface area contributed by atoms with Crippen LogP contribution in [0.4, 0.5) is 0 Å². The average Bonchev–Trinajstić information content (AvgIpc) is 3.23. The van der Waals surface area contributed by atoms with Crippen molar-refractivity contribution in [2.24, 2.45) is 5.92 Å². The molecule has 1 aromatic carbocycles. The molecule has 3 rings (SSSR count). The Morgan fingerprint density at radius 3 is 2.47 bits per heavy atom. The summed E-state index contributed by atoms with van der Waals surface area (Å²) in [7, 11) is 0. The van der Waals surface area contributed by atoms with Crippen molar-refractivity contribution in [2.75, 3.05) is 39.4 Å². The number of rotatable bonds is 8. The number of halogens is 2. The van der Waals surface area contributed by atoms with E-state index in [-0.39, 0.29) is 29.0 Å². The van der Waals surface area contributed by atoms with Crippen LogP contribution in [0.2, 0.25) is 10.0 Å². The Morgan fingerprint density at radius 2 is 1.87 bits per heavy atom. The lowest BCUT2D eigenvalue weighted by atomic mass is 9.57. The molecule has 10 heteroatoms. The van der Waals surface area contributed by atoms with Crippen molar-refractivity contribution < 1.29 is 23.3 Å². The first-order chi connectivity index (χ1) is 14.2. The van der Waals surface area contributed by atoms with Crippen molar-refractivity contribution in [1.82, 2.24) is 10.6 Å². The largest absolute Gasteiger partial charge is 0.508 e. The van der Waals surface area contributed by atoms with E-state index in [2.05, 4.69) is 31.4 Å². The number of hydrogen-bond donors (Lipinski definition) is 2. The highest BCUT2D eigenvalue weighted by atomic mass is 35.5. The van der Waals surface area contributed by atoms with Crippen molar-refractivity contribution in [3.63, 3.8) is 0 Å². The zero-order valence-electron chi connectivity index (χ0n) is 17.7. The second kappa shape index (κ2) is 9.45. The Hall–Kier alpha value is -1.32. The van der Waals surface area contributed by atoms with Crippen molar-refractivity contribution in [2.45, 2.75) is 33.1 Å². The minimum atomic E-state index is -1.69. The van der Waals surface area contributed by atoms with Gasteiger partial charge in [-0.2, -0.15) is 0 Å². The molecule has 0 aromatic heterocycles.